The van der Waals surface area contributed by atoms with Gasteiger partial charge in [-0.15, -0.1) is 0 Å². The second kappa shape index (κ2) is 7.74. The number of benzene rings is 2. The van der Waals surface area contributed by atoms with E-state index in [1.807, 2.05) is 30.5 Å². The summed E-state index contributed by atoms with van der Waals surface area (Å²) in [6, 6.07) is 14.3. The quantitative estimate of drug-likeness (QED) is 0.667. The Bertz CT molecular complexity index is 948. The maximum atomic E-state index is 12.3. The second-order valence-corrected chi connectivity index (χ2v) is 7.05. The predicted octanol–water partition coefficient (Wildman–Crippen LogP) is 3.97. The smallest absolute Gasteiger partial charge is 0.231 e. The van der Waals surface area contributed by atoms with Gasteiger partial charge in [-0.3, -0.25) is 4.79 Å². The topological polar surface area (TPSA) is 63.4 Å². The van der Waals surface area contributed by atoms with E-state index in [0.717, 1.165) is 36.3 Å². The number of para-hydroxylation sites is 1. The summed E-state index contributed by atoms with van der Waals surface area (Å²) in [5, 5.41) is 4.30. The highest BCUT2D eigenvalue weighted by atomic mass is 16.7. The van der Waals surface area contributed by atoms with Crippen molar-refractivity contribution in [3.05, 3.63) is 59.8 Å². The molecule has 0 radical (unpaired) electrons. The molecule has 5 heteroatoms. The maximum absolute atomic E-state index is 12.3. The van der Waals surface area contributed by atoms with Crippen molar-refractivity contribution in [2.24, 2.45) is 0 Å². The highest BCUT2D eigenvalue weighted by Crippen LogP contribution is 2.32. The number of ether oxygens (including phenoxy) is 2. The molecule has 1 aliphatic heterocycles. The molecule has 1 aromatic heterocycles. The Morgan fingerprint density at radius 1 is 1.15 bits per heavy atom. The van der Waals surface area contributed by atoms with Crippen molar-refractivity contribution in [3.63, 3.8) is 0 Å². The number of aromatic amines is 1. The van der Waals surface area contributed by atoms with Gasteiger partial charge < -0.3 is 19.8 Å². The molecule has 0 aliphatic carbocycles. The molecule has 0 saturated heterocycles. The fourth-order valence-electron chi connectivity index (χ4n) is 3.49. The first-order chi connectivity index (χ1) is 13.2. The number of nitrogens with one attached hydrogen (secondary N) is 2. The molecule has 27 heavy (non-hydrogen) atoms. The van der Waals surface area contributed by atoms with E-state index in [0.29, 0.717) is 13.2 Å². The van der Waals surface area contributed by atoms with Crippen LogP contribution in [0.3, 0.4) is 0 Å². The van der Waals surface area contributed by atoms with Crippen LogP contribution in [0.4, 0.5) is 0 Å². The minimum absolute atomic E-state index is 0.0958. The average molecular weight is 364 g/mol. The monoisotopic (exact) mass is 364 g/mol. The number of H-pyrrole nitrogens is 1. The highest BCUT2D eigenvalue weighted by molar-refractivity contribution is 5.84. The minimum atomic E-state index is 0.0958. The third-order valence-corrected chi connectivity index (χ3v) is 5.01. The average Bonchev–Trinajstić information content (AvgIpc) is 3.31. The lowest BCUT2D eigenvalue weighted by molar-refractivity contribution is -0.121. The Morgan fingerprint density at radius 3 is 2.93 bits per heavy atom. The molecule has 0 spiro atoms. The summed E-state index contributed by atoms with van der Waals surface area (Å²) in [6.07, 6.45) is 5.01. The maximum Gasteiger partial charge on any atom is 0.231 e. The molecule has 0 saturated carbocycles. The lowest BCUT2D eigenvalue weighted by Crippen LogP contribution is -2.33. The zero-order valence-corrected chi connectivity index (χ0v) is 15.5. The van der Waals surface area contributed by atoms with Gasteiger partial charge in [0, 0.05) is 29.6 Å². The summed E-state index contributed by atoms with van der Waals surface area (Å²) in [7, 11) is 0. The van der Waals surface area contributed by atoms with Crippen LogP contribution in [-0.4, -0.2) is 23.7 Å². The van der Waals surface area contributed by atoms with Crippen molar-refractivity contribution in [1.29, 1.82) is 0 Å². The van der Waals surface area contributed by atoms with Crippen molar-refractivity contribution in [1.82, 2.24) is 10.3 Å². The van der Waals surface area contributed by atoms with Crippen LogP contribution in [0.5, 0.6) is 11.5 Å². The van der Waals surface area contributed by atoms with Gasteiger partial charge in [0.1, 0.15) is 0 Å². The molecule has 0 fully saturated rings. The van der Waals surface area contributed by atoms with Crippen molar-refractivity contribution >= 4 is 16.8 Å². The molecule has 2 N–H and O–H groups in total. The molecular weight excluding hydrogens is 340 g/mol. The van der Waals surface area contributed by atoms with Gasteiger partial charge in [-0.1, -0.05) is 24.3 Å². The van der Waals surface area contributed by atoms with Crippen molar-refractivity contribution in [2.75, 3.05) is 6.79 Å². The van der Waals surface area contributed by atoms with Crippen LogP contribution >= 0.6 is 0 Å². The summed E-state index contributed by atoms with van der Waals surface area (Å²) in [4.78, 5) is 15.5. The SMILES string of the molecule is CC(CCc1ccc2c(c1)OCO2)NC(=O)CCc1c[nH]c2ccccc12. The van der Waals surface area contributed by atoms with E-state index in [9.17, 15) is 4.79 Å². The predicted molar refractivity (Wildman–Crippen MR) is 105 cm³/mol. The number of amides is 1. The fraction of sp³-hybridized carbons (Fsp3) is 0.318. The number of hydrogen-bond donors (Lipinski definition) is 2. The van der Waals surface area contributed by atoms with Crippen molar-refractivity contribution in [2.45, 2.75) is 38.6 Å². The van der Waals surface area contributed by atoms with Crippen molar-refractivity contribution < 1.29 is 14.3 Å². The Balaban J connectivity index is 1.24. The number of hydrogen-bond acceptors (Lipinski definition) is 3. The zero-order chi connectivity index (χ0) is 18.6. The minimum Gasteiger partial charge on any atom is -0.454 e. The van der Waals surface area contributed by atoms with E-state index in [-0.39, 0.29) is 11.9 Å². The van der Waals surface area contributed by atoms with Crippen LogP contribution < -0.4 is 14.8 Å². The van der Waals surface area contributed by atoms with E-state index < -0.39 is 0 Å². The second-order valence-electron chi connectivity index (χ2n) is 7.05. The Morgan fingerprint density at radius 2 is 2.00 bits per heavy atom. The molecule has 1 aliphatic rings. The lowest BCUT2D eigenvalue weighted by Gasteiger charge is -2.14. The van der Waals surface area contributed by atoms with Gasteiger partial charge in [0.15, 0.2) is 11.5 Å². The third kappa shape index (κ3) is 4.08. The molecular formula is C22H24N2O3. The third-order valence-electron chi connectivity index (χ3n) is 5.01. The molecule has 2 heterocycles. The number of aryl methyl sites for hydroxylation is 2. The number of aromatic nitrogens is 1. The van der Waals surface area contributed by atoms with Gasteiger partial charge in [0.25, 0.3) is 0 Å². The van der Waals surface area contributed by atoms with Crippen LogP contribution in [-0.2, 0) is 17.6 Å². The summed E-state index contributed by atoms with van der Waals surface area (Å²) >= 11 is 0. The largest absolute Gasteiger partial charge is 0.454 e. The number of carbonyl (C=O) groups excluding carboxylic acids is 1. The van der Waals surface area contributed by atoms with Crippen LogP contribution in [0.15, 0.2) is 48.7 Å². The first-order valence-electron chi connectivity index (χ1n) is 9.42. The molecule has 3 aromatic rings. The number of fused-ring (bicyclic) bond motifs is 2. The van der Waals surface area contributed by atoms with Gasteiger partial charge in [0.05, 0.1) is 0 Å². The first kappa shape index (κ1) is 17.5. The van der Waals surface area contributed by atoms with E-state index in [2.05, 4.69) is 35.4 Å². The van der Waals surface area contributed by atoms with Gasteiger partial charge in [-0.2, -0.15) is 0 Å². The molecule has 2 aromatic carbocycles. The number of rotatable bonds is 7. The molecule has 140 valence electrons. The first-order valence-corrected chi connectivity index (χ1v) is 9.42. The van der Waals surface area contributed by atoms with E-state index >= 15 is 0 Å². The Labute approximate surface area is 158 Å². The summed E-state index contributed by atoms with van der Waals surface area (Å²) in [6.45, 7) is 2.35. The van der Waals surface area contributed by atoms with Crippen LogP contribution in [0.2, 0.25) is 0 Å². The Hall–Kier alpha value is -2.95. The normalized spacial score (nSPS) is 13.7. The lowest BCUT2D eigenvalue weighted by atomic mass is 10.0. The van der Waals surface area contributed by atoms with Gasteiger partial charge in [-0.25, -0.2) is 0 Å². The molecule has 1 atom stereocenters. The van der Waals surface area contributed by atoms with Gasteiger partial charge >= 0.3 is 0 Å². The molecule has 1 unspecified atom stereocenters. The van der Waals surface area contributed by atoms with Crippen LogP contribution in [0, 0.1) is 0 Å². The zero-order valence-electron chi connectivity index (χ0n) is 15.5. The van der Waals surface area contributed by atoms with Crippen LogP contribution in [0.1, 0.15) is 30.9 Å². The van der Waals surface area contributed by atoms with Crippen molar-refractivity contribution in [3.8, 4) is 11.5 Å². The molecule has 4 rings (SSSR count). The Kier molecular flexibility index (Phi) is 5.01. The van der Waals surface area contributed by atoms with Gasteiger partial charge in [0.2, 0.25) is 12.7 Å². The van der Waals surface area contributed by atoms with E-state index in [1.54, 1.807) is 0 Å². The summed E-state index contributed by atoms with van der Waals surface area (Å²) in [5.41, 5.74) is 3.50. The van der Waals surface area contributed by atoms with E-state index in [1.165, 1.54) is 16.5 Å². The molecule has 5 nitrogen and oxygen atoms in total. The number of carbonyl (C=O) groups is 1. The van der Waals surface area contributed by atoms with Gasteiger partial charge in [-0.05, 0) is 55.5 Å². The highest BCUT2D eigenvalue weighted by Gasteiger charge is 2.14. The molecule has 1 amide bonds. The van der Waals surface area contributed by atoms with Crippen LogP contribution in [0.25, 0.3) is 10.9 Å². The standard InChI is InChI=1S/C22H24N2O3/c1-15(6-7-16-8-10-20-21(12-16)27-14-26-20)24-22(25)11-9-17-13-23-19-5-3-2-4-18(17)19/h2-5,8,10,12-13,15,23H,6-7,9,11,14H2,1H3,(H,24,25). The summed E-state index contributed by atoms with van der Waals surface area (Å²) < 4.78 is 10.7. The van der Waals surface area contributed by atoms with E-state index in [4.69, 9.17) is 9.47 Å². The summed E-state index contributed by atoms with van der Waals surface area (Å²) in [5.74, 6) is 1.71. The molecule has 0 bridgehead atoms. The fourth-order valence-corrected chi connectivity index (χ4v) is 3.49.